The summed E-state index contributed by atoms with van der Waals surface area (Å²) >= 11 is 0. The van der Waals surface area contributed by atoms with Crippen LogP contribution in [0.4, 0.5) is 5.82 Å². The first-order chi connectivity index (χ1) is 9.35. The lowest BCUT2D eigenvalue weighted by Crippen LogP contribution is -2.11. The zero-order valence-corrected chi connectivity index (χ0v) is 11.7. The molecule has 3 rings (SSSR count). The van der Waals surface area contributed by atoms with Gasteiger partial charge in [0.15, 0.2) is 0 Å². The zero-order chi connectivity index (χ0) is 13.1. The number of anilines is 1. The van der Waals surface area contributed by atoms with Crippen molar-refractivity contribution in [1.29, 1.82) is 0 Å². The van der Waals surface area contributed by atoms with Crippen LogP contribution in [-0.2, 0) is 11.2 Å². The van der Waals surface area contributed by atoms with Gasteiger partial charge in [-0.05, 0) is 31.6 Å². The van der Waals surface area contributed by atoms with E-state index in [0.717, 1.165) is 50.7 Å². The van der Waals surface area contributed by atoms with Gasteiger partial charge in [0.05, 0.1) is 0 Å². The van der Waals surface area contributed by atoms with Crippen molar-refractivity contribution in [3.8, 4) is 0 Å². The predicted octanol–water partition coefficient (Wildman–Crippen LogP) is 2.75. The standard InChI is InChI=1S/C15H23N3O/c1-2-6-16-14-9-13(12-3-4-12)17-15(18-14)8-11-5-7-19-10-11/h9,11-12H,2-8,10H2,1H3,(H,16,17,18). The molecule has 1 aromatic heterocycles. The number of hydrogen-bond acceptors (Lipinski definition) is 4. The molecule has 1 saturated carbocycles. The van der Waals surface area contributed by atoms with E-state index in [4.69, 9.17) is 9.72 Å². The second-order valence-electron chi connectivity index (χ2n) is 5.73. The van der Waals surface area contributed by atoms with Crippen molar-refractivity contribution in [3.05, 3.63) is 17.6 Å². The van der Waals surface area contributed by atoms with E-state index in [1.807, 2.05) is 0 Å². The molecule has 1 unspecified atom stereocenters. The quantitative estimate of drug-likeness (QED) is 0.855. The van der Waals surface area contributed by atoms with E-state index in [0.29, 0.717) is 11.8 Å². The number of hydrogen-bond donors (Lipinski definition) is 1. The fraction of sp³-hybridized carbons (Fsp3) is 0.733. The SMILES string of the molecule is CCCNc1cc(C2CC2)nc(CC2CCOC2)n1. The highest BCUT2D eigenvalue weighted by Gasteiger charge is 2.27. The second kappa shape index (κ2) is 5.87. The Morgan fingerprint density at radius 3 is 2.89 bits per heavy atom. The van der Waals surface area contributed by atoms with Crippen LogP contribution in [-0.4, -0.2) is 29.7 Å². The van der Waals surface area contributed by atoms with Gasteiger partial charge in [0, 0.05) is 43.9 Å². The lowest BCUT2D eigenvalue weighted by molar-refractivity contribution is 0.185. The third-order valence-corrected chi connectivity index (χ3v) is 3.84. The fourth-order valence-corrected chi connectivity index (χ4v) is 2.54. The Kier molecular flexibility index (Phi) is 3.97. The maximum Gasteiger partial charge on any atom is 0.131 e. The van der Waals surface area contributed by atoms with Crippen molar-refractivity contribution in [2.24, 2.45) is 5.92 Å². The highest BCUT2D eigenvalue weighted by Crippen LogP contribution is 2.39. The fourth-order valence-electron chi connectivity index (χ4n) is 2.54. The smallest absolute Gasteiger partial charge is 0.131 e. The molecular weight excluding hydrogens is 238 g/mol. The monoisotopic (exact) mass is 261 g/mol. The van der Waals surface area contributed by atoms with Gasteiger partial charge in [0.1, 0.15) is 11.6 Å². The number of nitrogens with one attached hydrogen (secondary N) is 1. The van der Waals surface area contributed by atoms with E-state index in [-0.39, 0.29) is 0 Å². The molecule has 2 heterocycles. The summed E-state index contributed by atoms with van der Waals surface area (Å²) in [7, 11) is 0. The normalized spacial score (nSPS) is 22.7. The zero-order valence-electron chi connectivity index (χ0n) is 11.7. The third-order valence-electron chi connectivity index (χ3n) is 3.84. The molecule has 2 fully saturated rings. The molecule has 0 radical (unpaired) electrons. The van der Waals surface area contributed by atoms with Crippen LogP contribution in [0.5, 0.6) is 0 Å². The van der Waals surface area contributed by atoms with Gasteiger partial charge in [-0.3, -0.25) is 0 Å². The minimum Gasteiger partial charge on any atom is -0.381 e. The summed E-state index contributed by atoms with van der Waals surface area (Å²) in [5, 5.41) is 3.40. The number of nitrogens with zero attached hydrogens (tertiary/aromatic N) is 2. The van der Waals surface area contributed by atoms with Gasteiger partial charge in [-0.1, -0.05) is 6.92 Å². The molecule has 1 N–H and O–H groups in total. The minimum absolute atomic E-state index is 0.605. The topological polar surface area (TPSA) is 47.0 Å². The van der Waals surface area contributed by atoms with Crippen LogP contribution in [0.15, 0.2) is 6.07 Å². The van der Waals surface area contributed by atoms with Crippen LogP contribution in [0.2, 0.25) is 0 Å². The number of aromatic nitrogens is 2. The Bertz CT molecular complexity index is 425. The van der Waals surface area contributed by atoms with Gasteiger partial charge >= 0.3 is 0 Å². The van der Waals surface area contributed by atoms with E-state index < -0.39 is 0 Å². The van der Waals surface area contributed by atoms with Gasteiger partial charge in [-0.2, -0.15) is 0 Å². The molecule has 1 atom stereocenters. The van der Waals surface area contributed by atoms with Gasteiger partial charge in [0.2, 0.25) is 0 Å². The molecule has 2 aliphatic rings. The summed E-state index contributed by atoms with van der Waals surface area (Å²) < 4.78 is 5.44. The Balaban J connectivity index is 1.74. The number of ether oxygens (including phenoxy) is 1. The lowest BCUT2D eigenvalue weighted by Gasteiger charge is -2.11. The van der Waals surface area contributed by atoms with Crippen LogP contribution in [0.3, 0.4) is 0 Å². The molecule has 1 aliphatic heterocycles. The summed E-state index contributed by atoms with van der Waals surface area (Å²) in [6.45, 7) is 4.92. The summed E-state index contributed by atoms with van der Waals surface area (Å²) in [4.78, 5) is 9.43. The van der Waals surface area contributed by atoms with Crippen molar-refractivity contribution >= 4 is 5.82 Å². The van der Waals surface area contributed by atoms with Crippen LogP contribution < -0.4 is 5.32 Å². The Labute approximate surface area is 115 Å². The molecule has 0 bridgehead atoms. The molecule has 0 spiro atoms. The first kappa shape index (κ1) is 12.9. The van der Waals surface area contributed by atoms with Crippen molar-refractivity contribution in [1.82, 2.24) is 9.97 Å². The average Bonchev–Trinajstić information content (AvgIpc) is 3.16. The van der Waals surface area contributed by atoms with E-state index in [1.165, 1.54) is 18.5 Å². The molecule has 104 valence electrons. The molecule has 1 aliphatic carbocycles. The maximum absolute atomic E-state index is 5.44. The highest BCUT2D eigenvalue weighted by molar-refractivity contribution is 5.38. The highest BCUT2D eigenvalue weighted by atomic mass is 16.5. The van der Waals surface area contributed by atoms with Gasteiger partial charge < -0.3 is 10.1 Å². The molecule has 0 amide bonds. The lowest BCUT2D eigenvalue weighted by atomic mass is 10.0. The first-order valence-corrected chi connectivity index (χ1v) is 7.54. The van der Waals surface area contributed by atoms with Crippen molar-refractivity contribution in [2.75, 3.05) is 25.1 Å². The molecular formula is C15H23N3O. The van der Waals surface area contributed by atoms with Crippen LogP contribution in [0.1, 0.15) is 50.0 Å². The van der Waals surface area contributed by atoms with Crippen molar-refractivity contribution in [3.63, 3.8) is 0 Å². The Hall–Kier alpha value is -1.16. The Morgan fingerprint density at radius 1 is 1.32 bits per heavy atom. The molecule has 1 saturated heterocycles. The molecule has 19 heavy (non-hydrogen) atoms. The largest absolute Gasteiger partial charge is 0.381 e. The van der Waals surface area contributed by atoms with Crippen LogP contribution in [0, 0.1) is 5.92 Å². The van der Waals surface area contributed by atoms with Crippen molar-refractivity contribution in [2.45, 2.75) is 44.9 Å². The van der Waals surface area contributed by atoms with Crippen LogP contribution >= 0.6 is 0 Å². The average molecular weight is 261 g/mol. The molecule has 1 aromatic rings. The van der Waals surface area contributed by atoms with Gasteiger partial charge in [-0.25, -0.2) is 9.97 Å². The predicted molar refractivity (Wildman–Crippen MR) is 75.4 cm³/mol. The summed E-state index contributed by atoms with van der Waals surface area (Å²) in [5.74, 6) is 3.29. The third kappa shape index (κ3) is 3.44. The summed E-state index contributed by atoms with van der Waals surface area (Å²) in [6.07, 6.45) is 5.80. The first-order valence-electron chi connectivity index (χ1n) is 7.54. The van der Waals surface area contributed by atoms with E-state index in [1.54, 1.807) is 0 Å². The second-order valence-corrected chi connectivity index (χ2v) is 5.73. The van der Waals surface area contributed by atoms with E-state index in [9.17, 15) is 0 Å². The molecule has 4 nitrogen and oxygen atoms in total. The minimum atomic E-state index is 0.605. The molecule has 4 heteroatoms. The summed E-state index contributed by atoms with van der Waals surface area (Å²) in [5.41, 5.74) is 1.24. The Morgan fingerprint density at radius 2 is 2.21 bits per heavy atom. The molecule has 0 aromatic carbocycles. The van der Waals surface area contributed by atoms with E-state index in [2.05, 4.69) is 23.3 Å². The van der Waals surface area contributed by atoms with Crippen LogP contribution in [0.25, 0.3) is 0 Å². The van der Waals surface area contributed by atoms with Crippen molar-refractivity contribution < 1.29 is 4.74 Å². The van der Waals surface area contributed by atoms with Gasteiger partial charge in [-0.15, -0.1) is 0 Å². The number of rotatable bonds is 6. The van der Waals surface area contributed by atoms with E-state index >= 15 is 0 Å². The summed E-state index contributed by atoms with van der Waals surface area (Å²) in [6, 6.07) is 2.14. The maximum atomic E-state index is 5.44. The van der Waals surface area contributed by atoms with Gasteiger partial charge in [0.25, 0.3) is 0 Å².